The van der Waals surface area contributed by atoms with Crippen LogP contribution in [0.4, 0.5) is 5.69 Å². The van der Waals surface area contributed by atoms with Crippen molar-refractivity contribution in [1.29, 1.82) is 0 Å². The zero-order chi connectivity index (χ0) is 28.3. The first kappa shape index (κ1) is 24.0. The molecule has 0 aliphatic carbocycles. The fourth-order valence-corrected chi connectivity index (χ4v) is 6.94. The molecule has 0 spiro atoms. The summed E-state index contributed by atoms with van der Waals surface area (Å²) in [6.45, 7) is 0. The van der Waals surface area contributed by atoms with Gasteiger partial charge in [-0.3, -0.25) is 0 Å². The van der Waals surface area contributed by atoms with Gasteiger partial charge in [0.15, 0.2) is 12.0 Å². The highest BCUT2D eigenvalue weighted by Crippen LogP contribution is 2.47. The molecule has 1 heterocycles. The second-order valence-corrected chi connectivity index (χ2v) is 11.3. The maximum atomic E-state index is 6.59. The van der Waals surface area contributed by atoms with Gasteiger partial charge in [0, 0.05) is 10.9 Å². The van der Waals surface area contributed by atoms with Gasteiger partial charge >= 0.3 is 0 Å². The lowest BCUT2D eigenvalue weighted by molar-refractivity contribution is 0.263. The highest BCUT2D eigenvalue weighted by molar-refractivity contribution is 6.22. The van der Waals surface area contributed by atoms with Crippen LogP contribution < -0.4 is 10.1 Å². The third-order valence-electron chi connectivity index (χ3n) is 8.86. The molecular formula is C41H27NO. The molecule has 0 amide bonds. The van der Waals surface area contributed by atoms with Gasteiger partial charge in [-0.1, -0.05) is 140 Å². The average molecular weight is 550 g/mol. The Bertz CT molecular complexity index is 2280. The fraction of sp³-hybridized carbons (Fsp3) is 0.0244. The molecule has 0 fully saturated rings. The van der Waals surface area contributed by atoms with Crippen LogP contribution in [0.15, 0.2) is 152 Å². The van der Waals surface area contributed by atoms with Crippen molar-refractivity contribution >= 4 is 48.8 Å². The first-order valence-corrected chi connectivity index (χ1v) is 14.8. The third kappa shape index (κ3) is 3.73. The predicted octanol–water partition coefficient (Wildman–Crippen LogP) is 11.1. The highest BCUT2D eigenvalue weighted by atomic mass is 16.5. The van der Waals surface area contributed by atoms with Crippen molar-refractivity contribution in [2.24, 2.45) is 0 Å². The smallest absolute Gasteiger partial charge is 0.196 e. The summed E-state index contributed by atoms with van der Waals surface area (Å²) in [5.74, 6) is 0.924. The van der Waals surface area contributed by atoms with E-state index in [1.54, 1.807) is 0 Å². The number of hydrogen-bond donors (Lipinski definition) is 1. The Morgan fingerprint density at radius 1 is 0.442 bits per heavy atom. The molecule has 0 radical (unpaired) electrons. The van der Waals surface area contributed by atoms with Crippen molar-refractivity contribution in [1.82, 2.24) is 0 Å². The highest BCUT2D eigenvalue weighted by Gasteiger charge is 2.26. The lowest BCUT2D eigenvalue weighted by Gasteiger charge is -2.18. The normalized spacial score (nSPS) is 14.2. The minimum atomic E-state index is -0.197. The molecule has 1 unspecified atom stereocenters. The fourth-order valence-electron chi connectivity index (χ4n) is 6.94. The monoisotopic (exact) mass is 549 g/mol. The number of benzene rings is 8. The minimum Gasteiger partial charge on any atom is -0.464 e. The number of ether oxygens (including phenoxy) is 1. The summed E-state index contributed by atoms with van der Waals surface area (Å²) in [5.41, 5.74) is 7.16. The maximum absolute atomic E-state index is 6.59. The molecule has 0 aromatic heterocycles. The van der Waals surface area contributed by atoms with Gasteiger partial charge in [-0.05, 0) is 72.1 Å². The molecule has 202 valence electrons. The molecule has 0 bridgehead atoms. The third-order valence-corrected chi connectivity index (χ3v) is 8.86. The largest absolute Gasteiger partial charge is 0.464 e. The molecule has 8 aromatic rings. The summed E-state index contributed by atoms with van der Waals surface area (Å²) in [5, 5.41) is 13.4. The van der Waals surface area contributed by atoms with Crippen molar-refractivity contribution in [3.63, 3.8) is 0 Å². The van der Waals surface area contributed by atoms with Crippen LogP contribution in [0.3, 0.4) is 0 Å². The van der Waals surface area contributed by atoms with Gasteiger partial charge in [-0.2, -0.15) is 0 Å². The van der Waals surface area contributed by atoms with E-state index in [1.807, 2.05) is 6.07 Å². The molecule has 1 aliphatic rings. The molecule has 0 saturated carbocycles. The Labute approximate surface area is 249 Å². The Hall–Kier alpha value is -5.60. The quantitative estimate of drug-likeness (QED) is 0.175. The van der Waals surface area contributed by atoms with E-state index in [1.165, 1.54) is 60.0 Å². The molecule has 2 heteroatoms. The van der Waals surface area contributed by atoms with Crippen molar-refractivity contribution in [2.75, 3.05) is 5.32 Å². The van der Waals surface area contributed by atoms with Crippen LogP contribution in [0.2, 0.25) is 0 Å². The van der Waals surface area contributed by atoms with Crippen LogP contribution in [0.25, 0.3) is 65.3 Å². The van der Waals surface area contributed by atoms with Crippen LogP contribution >= 0.6 is 0 Å². The topological polar surface area (TPSA) is 21.3 Å². The van der Waals surface area contributed by atoms with Crippen molar-refractivity contribution in [3.05, 3.63) is 157 Å². The summed E-state index contributed by atoms with van der Waals surface area (Å²) in [7, 11) is 0. The summed E-state index contributed by atoms with van der Waals surface area (Å²) in [6, 6.07) is 54.5. The zero-order valence-electron chi connectivity index (χ0n) is 23.4. The lowest BCUT2D eigenvalue weighted by Crippen LogP contribution is -2.09. The van der Waals surface area contributed by atoms with Gasteiger partial charge in [0.25, 0.3) is 0 Å². The minimum absolute atomic E-state index is 0.197. The number of fused-ring (bicyclic) bond motifs is 7. The van der Waals surface area contributed by atoms with E-state index in [0.29, 0.717) is 0 Å². The van der Waals surface area contributed by atoms with Crippen molar-refractivity contribution in [2.45, 2.75) is 6.23 Å². The zero-order valence-corrected chi connectivity index (χ0v) is 23.4. The summed E-state index contributed by atoms with van der Waals surface area (Å²) in [6.07, 6.45) is -0.197. The SMILES string of the molecule is c1ccc(-c2c3ccccc3c(-c3ccc4c(ccc5ccc6c(c54)OC(c4ccccc4)N6)c3)c3ccccc23)cc1. The molecule has 43 heavy (non-hydrogen) atoms. The Balaban J connectivity index is 1.27. The molecule has 2 nitrogen and oxygen atoms in total. The number of hydrogen-bond acceptors (Lipinski definition) is 2. The molecule has 1 N–H and O–H groups in total. The first-order chi connectivity index (χ1) is 21.3. The summed E-state index contributed by atoms with van der Waals surface area (Å²) in [4.78, 5) is 0. The van der Waals surface area contributed by atoms with E-state index in [9.17, 15) is 0 Å². The summed E-state index contributed by atoms with van der Waals surface area (Å²) >= 11 is 0. The molecule has 9 rings (SSSR count). The van der Waals surface area contributed by atoms with Gasteiger partial charge in [0.1, 0.15) is 0 Å². The van der Waals surface area contributed by atoms with E-state index in [4.69, 9.17) is 4.74 Å². The maximum Gasteiger partial charge on any atom is 0.196 e. The second-order valence-electron chi connectivity index (χ2n) is 11.3. The van der Waals surface area contributed by atoms with Crippen LogP contribution in [-0.4, -0.2) is 0 Å². The number of nitrogens with one attached hydrogen (secondary N) is 1. The van der Waals surface area contributed by atoms with E-state index in [0.717, 1.165) is 22.4 Å². The number of rotatable bonds is 3. The Morgan fingerprint density at radius 3 is 1.67 bits per heavy atom. The van der Waals surface area contributed by atoms with Crippen LogP contribution in [0.5, 0.6) is 5.75 Å². The lowest BCUT2D eigenvalue weighted by atomic mass is 9.85. The van der Waals surface area contributed by atoms with Crippen molar-refractivity contribution < 1.29 is 4.74 Å². The van der Waals surface area contributed by atoms with E-state index in [2.05, 4.69) is 151 Å². The summed E-state index contributed by atoms with van der Waals surface area (Å²) < 4.78 is 6.59. The second kappa shape index (κ2) is 9.47. The van der Waals surface area contributed by atoms with Crippen molar-refractivity contribution in [3.8, 4) is 28.0 Å². The average Bonchev–Trinajstić information content (AvgIpc) is 3.52. The number of anilines is 1. The molecular weight excluding hydrogens is 522 g/mol. The molecule has 0 saturated heterocycles. The van der Waals surface area contributed by atoms with Crippen LogP contribution in [-0.2, 0) is 0 Å². The standard InChI is InChI=1S/C41H27NO/c1-3-11-26(12-4-1)37-32-15-7-9-17-34(32)38(35-18-10-8-16-33(35)37)30-21-23-31-29(25-30)20-19-27-22-24-36-40(39(27)31)43-41(42-36)28-13-5-2-6-14-28/h1-25,41-42H. The molecule has 1 atom stereocenters. The predicted molar refractivity (Wildman–Crippen MR) is 181 cm³/mol. The van der Waals surface area contributed by atoms with Gasteiger partial charge in [-0.15, -0.1) is 0 Å². The Kier molecular flexibility index (Phi) is 5.30. The molecule has 1 aliphatic heterocycles. The Morgan fingerprint density at radius 2 is 1.00 bits per heavy atom. The van der Waals surface area contributed by atoms with E-state index in [-0.39, 0.29) is 6.23 Å². The van der Waals surface area contributed by atoms with Crippen LogP contribution in [0.1, 0.15) is 11.8 Å². The van der Waals surface area contributed by atoms with Gasteiger partial charge in [-0.25, -0.2) is 0 Å². The first-order valence-electron chi connectivity index (χ1n) is 14.8. The van der Waals surface area contributed by atoms with Crippen LogP contribution in [0, 0.1) is 0 Å². The van der Waals surface area contributed by atoms with Gasteiger partial charge in [0.2, 0.25) is 0 Å². The van der Waals surface area contributed by atoms with Gasteiger partial charge < -0.3 is 10.1 Å². The molecule has 8 aromatic carbocycles. The van der Waals surface area contributed by atoms with E-state index >= 15 is 0 Å². The van der Waals surface area contributed by atoms with E-state index < -0.39 is 0 Å². The van der Waals surface area contributed by atoms with Gasteiger partial charge in [0.05, 0.1) is 5.69 Å².